The van der Waals surface area contributed by atoms with Crippen LogP contribution < -0.4 is 0 Å². The number of aromatic hydroxyl groups is 1. The van der Waals surface area contributed by atoms with Crippen LogP contribution in [0, 0.1) is 11.6 Å². The molecule has 0 aliphatic rings. The minimum atomic E-state index is -0.796. The third-order valence-corrected chi connectivity index (χ3v) is 2.66. The number of phenolic OH excluding ortho intramolecular Hbond substituents is 1. The Balaban J connectivity index is 2.44. The lowest BCUT2D eigenvalue weighted by Gasteiger charge is -2.06. The Hall–Kier alpha value is -2.43. The second kappa shape index (κ2) is 5.06. The zero-order valence-corrected chi connectivity index (χ0v) is 9.98. The fourth-order valence-electron chi connectivity index (χ4n) is 1.66. The topological polar surface area (TPSA) is 46.5 Å². The van der Waals surface area contributed by atoms with Gasteiger partial charge in [-0.1, -0.05) is 12.1 Å². The molecule has 2 aromatic rings. The molecule has 3 nitrogen and oxygen atoms in total. The van der Waals surface area contributed by atoms with Crippen LogP contribution in [0.1, 0.15) is 10.4 Å². The largest absolute Gasteiger partial charge is 0.505 e. The standard InChI is InChI=1S/C14H10F2O3/c1-19-14(18)10-4-2-8(6-11(10)15)9-3-5-13(17)12(16)7-9/h2-7,17H,1H3. The maximum absolute atomic E-state index is 13.7. The zero-order valence-electron chi connectivity index (χ0n) is 9.98. The van der Waals surface area contributed by atoms with Crippen LogP contribution in [-0.4, -0.2) is 18.2 Å². The van der Waals surface area contributed by atoms with Crippen LogP contribution in [0.5, 0.6) is 5.75 Å². The summed E-state index contributed by atoms with van der Waals surface area (Å²) < 4.78 is 31.3. The van der Waals surface area contributed by atoms with Crippen LogP contribution in [0.2, 0.25) is 0 Å². The van der Waals surface area contributed by atoms with Crippen molar-refractivity contribution in [2.45, 2.75) is 0 Å². The Kier molecular flexibility index (Phi) is 3.46. The molecule has 0 aliphatic carbocycles. The summed E-state index contributed by atoms with van der Waals surface area (Å²) in [4.78, 5) is 11.2. The van der Waals surface area contributed by atoms with E-state index in [-0.39, 0.29) is 5.56 Å². The predicted molar refractivity (Wildman–Crippen MR) is 64.8 cm³/mol. The zero-order chi connectivity index (χ0) is 14.0. The van der Waals surface area contributed by atoms with Crippen molar-refractivity contribution in [3.05, 3.63) is 53.6 Å². The van der Waals surface area contributed by atoms with E-state index in [1.165, 1.54) is 24.3 Å². The lowest BCUT2D eigenvalue weighted by molar-refractivity contribution is 0.0595. The molecule has 0 radical (unpaired) electrons. The van der Waals surface area contributed by atoms with Gasteiger partial charge >= 0.3 is 5.97 Å². The van der Waals surface area contributed by atoms with Crippen molar-refractivity contribution in [3.63, 3.8) is 0 Å². The molecule has 0 heterocycles. The molecule has 0 unspecified atom stereocenters. The highest BCUT2D eigenvalue weighted by molar-refractivity contribution is 5.90. The fourth-order valence-corrected chi connectivity index (χ4v) is 1.66. The molecule has 0 atom stereocenters. The van der Waals surface area contributed by atoms with E-state index in [4.69, 9.17) is 5.11 Å². The summed E-state index contributed by atoms with van der Waals surface area (Å²) in [5.41, 5.74) is 0.597. The number of methoxy groups -OCH3 is 1. The molecule has 0 saturated carbocycles. The second-order valence-corrected chi connectivity index (χ2v) is 3.85. The van der Waals surface area contributed by atoms with Crippen LogP contribution in [-0.2, 0) is 4.74 Å². The summed E-state index contributed by atoms with van der Waals surface area (Å²) >= 11 is 0. The first kappa shape index (κ1) is 13.0. The summed E-state index contributed by atoms with van der Waals surface area (Å²) in [6.07, 6.45) is 0. The molecular formula is C14H10F2O3. The van der Waals surface area contributed by atoms with Gasteiger partial charge < -0.3 is 9.84 Å². The fraction of sp³-hybridized carbons (Fsp3) is 0.0714. The Morgan fingerprint density at radius 2 is 1.63 bits per heavy atom. The number of carbonyl (C=O) groups excluding carboxylic acids is 1. The average molecular weight is 264 g/mol. The van der Waals surface area contributed by atoms with E-state index >= 15 is 0 Å². The van der Waals surface area contributed by atoms with Crippen LogP contribution in [0.25, 0.3) is 11.1 Å². The molecule has 98 valence electrons. The Morgan fingerprint density at radius 3 is 2.16 bits per heavy atom. The van der Waals surface area contributed by atoms with Gasteiger partial charge in [0.05, 0.1) is 12.7 Å². The van der Waals surface area contributed by atoms with Crippen LogP contribution in [0.3, 0.4) is 0 Å². The van der Waals surface area contributed by atoms with Crippen molar-refractivity contribution in [1.82, 2.24) is 0 Å². The van der Waals surface area contributed by atoms with Gasteiger partial charge in [-0.05, 0) is 35.4 Å². The summed E-state index contributed by atoms with van der Waals surface area (Å²) in [6, 6.07) is 7.56. The highest BCUT2D eigenvalue weighted by Crippen LogP contribution is 2.26. The Bertz CT molecular complexity index is 639. The van der Waals surface area contributed by atoms with Gasteiger partial charge in [-0.25, -0.2) is 13.6 Å². The molecular weight excluding hydrogens is 254 g/mol. The van der Waals surface area contributed by atoms with Crippen LogP contribution in [0.15, 0.2) is 36.4 Å². The second-order valence-electron chi connectivity index (χ2n) is 3.85. The summed E-state index contributed by atoms with van der Waals surface area (Å²) in [6.45, 7) is 0. The first-order valence-corrected chi connectivity index (χ1v) is 5.39. The minimum Gasteiger partial charge on any atom is -0.505 e. The van der Waals surface area contributed by atoms with Gasteiger partial charge in [0.25, 0.3) is 0 Å². The minimum absolute atomic E-state index is 0.189. The Labute approximate surface area is 108 Å². The molecule has 1 N–H and O–H groups in total. The molecule has 0 fully saturated rings. The molecule has 0 saturated heterocycles. The van der Waals surface area contributed by atoms with E-state index in [0.29, 0.717) is 11.1 Å². The number of phenols is 1. The lowest BCUT2D eigenvalue weighted by atomic mass is 10.0. The van der Waals surface area contributed by atoms with E-state index in [9.17, 15) is 13.6 Å². The average Bonchev–Trinajstić information content (AvgIpc) is 2.41. The monoisotopic (exact) mass is 264 g/mol. The number of rotatable bonds is 2. The number of hydrogen-bond acceptors (Lipinski definition) is 3. The van der Waals surface area contributed by atoms with Gasteiger partial charge in [-0.2, -0.15) is 0 Å². The highest BCUT2D eigenvalue weighted by atomic mass is 19.1. The summed E-state index contributed by atoms with van der Waals surface area (Å²) in [7, 11) is 1.16. The van der Waals surface area contributed by atoms with E-state index in [2.05, 4.69) is 4.74 Å². The van der Waals surface area contributed by atoms with Gasteiger partial charge in [0.15, 0.2) is 11.6 Å². The number of halogens is 2. The summed E-state index contributed by atoms with van der Waals surface area (Å²) in [5.74, 6) is -2.80. The molecule has 0 bridgehead atoms. The third-order valence-electron chi connectivity index (χ3n) is 2.66. The van der Waals surface area contributed by atoms with E-state index < -0.39 is 23.4 Å². The van der Waals surface area contributed by atoms with E-state index in [0.717, 1.165) is 19.2 Å². The Morgan fingerprint density at radius 1 is 1.05 bits per heavy atom. The molecule has 5 heteroatoms. The van der Waals surface area contributed by atoms with Gasteiger partial charge in [0, 0.05) is 0 Å². The molecule has 0 spiro atoms. The van der Waals surface area contributed by atoms with E-state index in [1.807, 2.05) is 0 Å². The van der Waals surface area contributed by atoms with Crippen LogP contribution in [0.4, 0.5) is 8.78 Å². The van der Waals surface area contributed by atoms with Crippen molar-refractivity contribution in [2.75, 3.05) is 7.11 Å². The molecule has 0 aliphatic heterocycles. The number of carbonyl (C=O) groups is 1. The summed E-state index contributed by atoms with van der Waals surface area (Å²) in [5, 5.41) is 9.08. The highest BCUT2D eigenvalue weighted by Gasteiger charge is 2.13. The van der Waals surface area contributed by atoms with Crippen LogP contribution >= 0.6 is 0 Å². The van der Waals surface area contributed by atoms with Crippen molar-refractivity contribution >= 4 is 5.97 Å². The smallest absolute Gasteiger partial charge is 0.340 e. The number of hydrogen-bond donors (Lipinski definition) is 1. The third kappa shape index (κ3) is 2.54. The maximum atomic E-state index is 13.7. The molecule has 2 aromatic carbocycles. The van der Waals surface area contributed by atoms with Gasteiger partial charge in [0.2, 0.25) is 0 Å². The molecule has 2 rings (SSSR count). The van der Waals surface area contributed by atoms with Gasteiger partial charge in [0.1, 0.15) is 5.82 Å². The van der Waals surface area contributed by atoms with Crippen molar-refractivity contribution in [1.29, 1.82) is 0 Å². The first-order valence-electron chi connectivity index (χ1n) is 5.39. The van der Waals surface area contributed by atoms with Gasteiger partial charge in [-0.3, -0.25) is 0 Å². The molecule has 0 aromatic heterocycles. The molecule has 0 amide bonds. The first-order chi connectivity index (χ1) is 9.02. The SMILES string of the molecule is COC(=O)c1ccc(-c2ccc(O)c(F)c2)cc1F. The number of benzene rings is 2. The maximum Gasteiger partial charge on any atom is 0.340 e. The van der Waals surface area contributed by atoms with Crippen molar-refractivity contribution < 1.29 is 23.4 Å². The number of ether oxygens (including phenoxy) is 1. The lowest BCUT2D eigenvalue weighted by Crippen LogP contribution is -2.04. The van der Waals surface area contributed by atoms with Crippen molar-refractivity contribution in [3.8, 4) is 16.9 Å². The number of esters is 1. The van der Waals surface area contributed by atoms with E-state index in [1.54, 1.807) is 0 Å². The van der Waals surface area contributed by atoms with Crippen molar-refractivity contribution in [2.24, 2.45) is 0 Å². The normalized spacial score (nSPS) is 10.3. The predicted octanol–water partition coefficient (Wildman–Crippen LogP) is 3.12. The molecule has 19 heavy (non-hydrogen) atoms. The quantitative estimate of drug-likeness (QED) is 0.848. The van der Waals surface area contributed by atoms with Gasteiger partial charge in [-0.15, -0.1) is 0 Å².